The first kappa shape index (κ1) is 15.1. The molecular weight excluding hydrogens is 254 g/mol. The standard InChI is InChI=1S/C20H31N/c1-2-5-15-10-11-19(14-21)20(12-15)18-9-4-8-17(13-18)16-6-3-7-16/h4,8-9,13,15-16,19-20H,2-3,5-7,10-12,14,21H2,1H3. The van der Waals surface area contributed by atoms with Gasteiger partial charge in [0.25, 0.3) is 0 Å². The monoisotopic (exact) mass is 285 g/mol. The Hall–Kier alpha value is -0.820. The van der Waals surface area contributed by atoms with Gasteiger partial charge in [-0.05, 0) is 67.0 Å². The largest absolute Gasteiger partial charge is 0.330 e. The highest BCUT2D eigenvalue weighted by Crippen LogP contribution is 2.43. The van der Waals surface area contributed by atoms with Crippen molar-refractivity contribution in [1.29, 1.82) is 0 Å². The van der Waals surface area contributed by atoms with Crippen LogP contribution in [0.25, 0.3) is 0 Å². The fourth-order valence-corrected chi connectivity index (χ4v) is 4.47. The van der Waals surface area contributed by atoms with Gasteiger partial charge in [-0.3, -0.25) is 0 Å². The minimum absolute atomic E-state index is 0.703. The Morgan fingerprint density at radius 3 is 2.57 bits per heavy atom. The molecule has 2 saturated carbocycles. The molecule has 0 radical (unpaired) electrons. The average molecular weight is 285 g/mol. The molecule has 2 aliphatic carbocycles. The lowest BCUT2D eigenvalue weighted by Crippen LogP contribution is -2.29. The normalized spacial score (nSPS) is 30.1. The molecule has 0 saturated heterocycles. The number of hydrogen-bond donors (Lipinski definition) is 1. The van der Waals surface area contributed by atoms with Crippen LogP contribution < -0.4 is 5.73 Å². The van der Waals surface area contributed by atoms with Crippen molar-refractivity contribution in [2.24, 2.45) is 17.6 Å². The van der Waals surface area contributed by atoms with E-state index in [1.165, 1.54) is 51.4 Å². The molecule has 1 heteroatoms. The molecule has 0 aromatic heterocycles. The van der Waals surface area contributed by atoms with E-state index in [4.69, 9.17) is 5.73 Å². The van der Waals surface area contributed by atoms with E-state index in [2.05, 4.69) is 31.2 Å². The summed E-state index contributed by atoms with van der Waals surface area (Å²) >= 11 is 0. The van der Waals surface area contributed by atoms with Crippen LogP contribution in [0.3, 0.4) is 0 Å². The van der Waals surface area contributed by atoms with Gasteiger partial charge in [0, 0.05) is 0 Å². The lowest BCUT2D eigenvalue weighted by atomic mass is 9.69. The van der Waals surface area contributed by atoms with Gasteiger partial charge in [-0.2, -0.15) is 0 Å². The molecule has 2 N–H and O–H groups in total. The maximum Gasteiger partial charge on any atom is -0.00430 e. The van der Waals surface area contributed by atoms with E-state index in [9.17, 15) is 0 Å². The van der Waals surface area contributed by atoms with Crippen molar-refractivity contribution in [3.05, 3.63) is 35.4 Å². The van der Waals surface area contributed by atoms with Gasteiger partial charge >= 0.3 is 0 Å². The summed E-state index contributed by atoms with van der Waals surface area (Å²) in [5.74, 6) is 3.18. The molecule has 1 aromatic carbocycles. The fourth-order valence-electron chi connectivity index (χ4n) is 4.47. The van der Waals surface area contributed by atoms with Gasteiger partial charge in [-0.1, -0.05) is 56.9 Å². The topological polar surface area (TPSA) is 26.0 Å². The molecule has 2 aliphatic rings. The van der Waals surface area contributed by atoms with E-state index in [1.807, 2.05) is 0 Å². The van der Waals surface area contributed by atoms with Crippen LogP contribution >= 0.6 is 0 Å². The molecule has 116 valence electrons. The second-order valence-electron chi connectivity index (χ2n) is 7.37. The van der Waals surface area contributed by atoms with Gasteiger partial charge in [0.1, 0.15) is 0 Å². The van der Waals surface area contributed by atoms with Crippen LogP contribution in [0.15, 0.2) is 24.3 Å². The van der Waals surface area contributed by atoms with Gasteiger partial charge in [-0.25, -0.2) is 0 Å². The van der Waals surface area contributed by atoms with Crippen LogP contribution in [-0.2, 0) is 0 Å². The summed E-state index contributed by atoms with van der Waals surface area (Å²) in [6.45, 7) is 3.18. The third-order valence-corrected chi connectivity index (χ3v) is 6.02. The number of hydrogen-bond acceptors (Lipinski definition) is 1. The molecule has 0 amide bonds. The summed E-state index contributed by atoms with van der Waals surface area (Å²) < 4.78 is 0. The van der Waals surface area contributed by atoms with Crippen LogP contribution in [0, 0.1) is 11.8 Å². The van der Waals surface area contributed by atoms with Crippen molar-refractivity contribution >= 4 is 0 Å². The third-order valence-electron chi connectivity index (χ3n) is 6.02. The lowest BCUT2D eigenvalue weighted by Gasteiger charge is -2.36. The van der Waals surface area contributed by atoms with Gasteiger partial charge in [0.2, 0.25) is 0 Å². The first-order valence-corrected chi connectivity index (χ1v) is 9.11. The Kier molecular flexibility index (Phi) is 5.00. The minimum Gasteiger partial charge on any atom is -0.330 e. The van der Waals surface area contributed by atoms with Crippen LogP contribution in [-0.4, -0.2) is 6.54 Å². The molecule has 3 atom stereocenters. The summed E-state index contributed by atoms with van der Waals surface area (Å²) in [5.41, 5.74) is 9.25. The highest BCUT2D eigenvalue weighted by atomic mass is 14.6. The Bertz CT molecular complexity index is 449. The number of benzene rings is 1. The van der Waals surface area contributed by atoms with Gasteiger partial charge < -0.3 is 5.73 Å². The van der Waals surface area contributed by atoms with E-state index in [-0.39, 0.29) is 0 Å². The highest BCUT2D eigenvalue weighted by molar-refractivity contribution is 5.30. The summed E-state index contributed by atoms with van der Waals surface area (Å²) in [6, 6.07) is 9.52. The van der Waals surface area contributed by atoms with E-state index >= 15 is 0 Å². The predicted molar refractivity (Wildman–Crippen MR) is 90.6 cm³/mol. The Balaban J connectivity index is 1.78. The van der Waals surface area contributed by atoms with E-state index in [1.54, 1.807) is 11.1 Å². The zero-order valence-corrected chi connectivity index (χ0v) is 13.6. The second-order valence-corrected chi connectivity index (χ2v) is 7.37. The molecule has 3 unspecified atom stereocenters. The molecule has 3 rings (SSSR count). The van der Waals surface area contributed by atoms with Crippen molar-refractivity contribution in [3.8, 4) is 0 Å². The molecule has 1 aromatic rings. The van der Waals surface area contributed by atoms with Crippen molar-refractivity contribution in [2.75, 3.05) is 6.54 Å². The lowest BCUT2D eigenvalue weighted by molar-refractivity contribution is 0.230. The Labute approximate surface area is 130 Å². The number of rotatable bonds is 5. The van der Waals surface area contributed by atoms with Crippen molar-refractivity contribution in [3.63, 3.8) is 0 Å². The van der Waals surface area contributed by atoms with Crippen molar-refractivity contribution < 1.29 is 0 Å². The zero-order valence-electron chi connectivity index (χ0n) is 13.6. The van der Waals surface area contributed by atoms with Gasteiger partial charge in [-0.15, -0.1) is 0 Å². The summed E-state index contributed by atoms with van der Waals surface area (Å²) in [5, 5.41) is 0. The van der Waals surface area contributed by atoms with E-state index in [0.717, 1.165) is 18.4 Å². The molecule has 21 heavy (non-hydrogen) atoms. The van der Waals surface area contributed by atoms with Gasteiger partial charge in [0.05, 0.1) is 0 Å². The number of nitrogens with two attached hydrogens (primary N) is 1. The Morgan fingerprint density at radius 1 is 1.10 bits per heavy atom. The molecule has 1 nitrogen and oxygen atoms in total. The maximum absolute atomic E-state index is 6.09. The fraction of sp³-hybridized carbons (Fsp3) is 0.700. The average Bonchev–Trinajstić information content (AvgIpc) is 2.46. The van der Waals surface area contributed by atoms with Crippen molar-refractivity contribution in [2.45, 2.75) is 70.1 Å². The minimum atomic E-state index is 0.703. The van der Waals surface area contributed by atoms with E-state index in [0.29, 0.717) is 11.8 Å². The van der Waals surface area contributed by atoms with Crippen molar-refractivity contribution in [1.82, 2.24) is 0 Å². The maximum atomic E-state index is 6.09. The Morgan fingerprint density at radius 2 is 1.90 bits per heavy atom. The summed E-state index contributed by atoms with van der Waals surface area (Å²) in [4.78, 5) is 0. The molecule has 2 fully saturated rings. The van der Waals surface area contributed by atoms with Crippen LogP contribution in [0.5, 0.6) is 0 Å². The molecule has 0 aliphatic heterocycles. The molecular formula is C20H31N. The second kappa shape index (κ2) is 6.96. The first-order valence-electron chi connectivity index (χ1n) is 9.11. The third kappa shape index (κ3) is 3.34. The smallest absolute Gasteiger partial charge is 0.00430 e. The molecule has 0 bridgehead atoms. The summed E-state index contributed by atoms with van der Waals surface area (Å²) in [6.07, 6.45) is 11.0. The SMILES string of the molecule is CCCC1CCC(CN)C(c2cccc(C3CCC3)c2)C1. The van der Waals surface area contributed by atoms with Gasteiger partial charge in [0.15, 0.2) is 0 Å². The summed E-state index contributed by atoms with van der Waals surface area (Å²) in [7, 11) is 0. The first-order chi connectivity index (χ1) is 10.3. The zero-order chi connectivity index (χ0) is 14.7. The molecule has 0 heterocycles. The van der Waals surface area contributed by atoms with Crippen LogP contribution in [0.4, 0.5) is 0 Å². The van der Waals surface area contributed by atoms with E-state index < -0.39 is 0 Å². The van der Waals surface area contributed by atoms with Crippen LogP contribution in [0.1, 0.15) is 81.3 Å². The highest BCUT2D eigenvalue weighted by Gasteiger charge is 2.31. The predicted octanol–water partition coefficient (Wildman–Crippen LogP) is 5.21. The molecule has 0 spiro atoms. The quantitative estimate of drug-likeness (QED) is 0.789. The van der Waals surface area contributed by atoms with Crippen LogP contribution in [0.2, 0.25) is 0 Å².